The Balaban J connectivity index is 2.47. The standard InChI is InChI=1S/C15H13ClO4/c1-8(9-2-4-11(17)5-3-9)10-6-12(15(19)20)14(18)13(16)7-10/h2-8,17-18H,1H3,(H,19,20). The second-order valence-electron chi connectivity index (χ2n) is 4.52. The van der Waals surface area contributed by atoms with E-state index in [-0.39, 0.29) is 22.3 Å². The van der Waals surface area contributed by atoms with Gasteiger partial charge in [-0.15, -0.1) is 0 Å². The Labute approximate surface area is 120 Å². The van der Waals surface area contributed by atoms with Gasteiger partial charge in [0.15, 0.2) is 0 Å². The zero-order chi connectivity index (χ0) is 14.9. The summed E-state index contributed by atoms with van der Waals surface area (Å²) < 4.78 is 0. The summed E-state index contributed by atoms with van der Waals surface area (Å²) in [4.78, 5) is 11.1. The highest BCUT2D eigenvalue weighted by molar-refractivity contribution is 6.32. The average molecular weight is 293 g/mol. The first-order valence-electron chi connectivity index (χ1n) is 5.94. The first kappa shape index (κ1) is 14.2. The quantitative estimate of drug-likeness (QED) is 0.807. The normalized spacial score (nSPS) is 12.1. The molecule has 3 N–H and O–H groups in total. The number of aromatic hydroxyl groups is 2. The number of rotatable bonds is 3. The molecule has 2 aromatic rings. The van der Waals surface area contributed by atoms with Crippen LogP contribution in [0, 0.1) is 0 Å². The third-order valence-electron chi connectivity index (χ3n) is 3.21. The lowest BCUT2D eigenvalue weighted by atomic mass is 9.92. The molecule has 0 saturated carbocycles. The number of hydrogen-bond donors (Lipinski definition) is 3. The molecule has 0 aromatic heterocycles. The zero-order valence-electron chi connectivity index (χ0n) is 10.7. The molecular formula is C15H13ClO4. The van der Waals surface area contributed by atoms with E-state index in [0.29, 0.717) is 5.56 Å². The Morgan fingerprint density at radius 2 is 1.70 bits per heavy atom. The second kappa shape index (κ2) is 5.43. The van der Waals surface area contributed by atoms with Gasteiger partial charge < -0.3 is 15.3 Å². The van der Waals surface area contributed by atoms with Crippen molar-refractivity contribution in [3.8, 4) is 11.5 Å². The summed E-state index contributed by atoms with van der Waals surface area (Å²) in [5.74, 6) is -1.62. The molecule has 0 aliphatic carbocycles. The summed E-state index contributed by atoms with van der Waals surface area (Å²) in [6.45, 7) is 1.89. The molecule has 4 nitrogen and oxygen atoms in total. The van der Waals surface area contributed by atoms with Crippen molar-refractivity contribution in [2.75, 3.05) is 0 Å². The molecule has 0 saturated heterocycles. The molecule has 0 aliphatic heterocycles. The van der Waals surface area contributed by atoms with Crippen molar-refractivity contribution >= 4 is 17.6 Å². The van der Waals surface area contributed by atoms with Crippen LogP contribution in [0.15, 0.2) is 36.4 Å². The fraction of sp³-hybridized carbons (Fsp3) is 0.133. The summed E-state index contributed by atoms with van der Waals surface area (Å²) in [5, 5.41) is 28.0. The minimum absolute atomic E-state index is 0.00512. The smallest absolute Gasteiger partial charge is 0.339 e. The maximum Gasteiger partial charge on any atom is 0.339 e. The number of carboxylic acids is 1. The van der Waals surface area contributed by atoms with Gasteiger partial charge in [0.2, 0.25) is 0 Å². The van der Waals surface area contributed by atoms with Crippen molar-refractivity contribution in [1.82, 2.24) is 0 Å². The van der Waals surface area contributed by atoms with E-state index in [1.165, 1.54) is 6.07 Å². The highest BCUT2D eigenvalue weighted by atomic mass is 35.5. The number of phenolic OH excluding ortho intramolecular Hbond substituents is 1. The van der Waals surface area contributed by atoms with Crippen LogP contribution < -0.4 is 0 Å². The van der Waals surface area contributed by atoms with Gasteiger partial charge in [0, 0.05) is 5.92 Å². The van der Waals surface area contributed by atoms with Crippen LogP contribution in [-0.4, -0.2) is 21.3 Å². The topological polar surface area (TPSA) is 77.8 Å². The predicted molar refractivity (Wildman–Crippen MR) is 75.7 cm³/mol. The molecule has 2 rings (SSSR count). The van der Waals surface area contributed by atoms with Crippen molar-refractivity contribution in [3.63, 3.8) is 0 Å². The summed E-state index contributed by atoms with van der Waals surface area (Å²) in [6.07, 6.45) is 0. The van der Waals surface area contributed by atoms with Crippen molar-refractivity contribution in [3.05, 3.63) is 58.1 Å². The van der Waals surface area contributed by atoms with Crippen LogP contribution in [0.3, 0.4) is 0 Å². The second-order valence-corrected chi connectivity index (χ2v) is 4.92. The number of halogens is 1. The average Bonchev–Trinajstić information content (AvgIpc) is 2.41. The number of carbonyl (C=O) groups is 1. The van der Waals surface area contributed by atoms with E-state index in [1.54, 1.807) is 30.3 Å². The summed E-state index contributed by atoms with van der Waals surface area (Å²) >= 11 is 5.87. The summed E-state index contributed by atoms with van der Waals surface area (Å²) in [5.41, 5.74) is 1.36. The van der Waals surface area contributed by atoms with Gasteiger partial charge in [0.1, 0.15) is 17.1 Å². The minimum atomic E-state index is -1.23. The van der Waals surface area contributed by atoms with Crippen molar-refractivity contribution in [1.29, 1.82) is 0 Å². The maximum atomic E-state index is 11.1. The first-order valence-corrected chi connectivity index (χ1v) is 6.32. The molecule has 2 aromatic carbocycles. The van der Waals surface area contributed by atoms with Gasteiger partial charge in [-0.2, -0.15) is 0 Å². The number of carboxylic acid groups (broad SMARTS) is 1. The fourth-order valence-electron chi connectivity index (χ4n) is 1.99. The number of benzene rings is 2. The molecule has 1 unspecified atom stereocenters. The lowest BCUT2D eigenvalue weighted by molar-refractivity contribution is 0.0693. The molecule has 0 fully saturated rings. The summed E-state index contributed by atoms with van der Waals surface area (Å²) in [6, 6.07) is 9.57. The van der Waals surface area contributed by atoms with Gasteiger partial charge >= 0.3 is 5.97 Å². The van der Waals surface area contributed by atoms with E-state index < -0.39 is 11.7 Å². The Hall–Kier alpha value is -2.20. The Bertz CT molecular complexity index is 650. The van der Waals surface area contributed by atoms with E-state index in [0.717, 1.165) is 5.56 Å². The van der Waals surface area contributed by atoms with Crippen LogP contribution in [0.25, 0.3) is 0 Å². The van der Waals surface area contributed by atoms with E-state index >= 15 is 0 Å². The molecule has 0 bridgehead atoms. The van der Waals surface area contributed by atoms with Crippen LogP contribution in [0.4, 0.5) is 0 Å². The minimum Gasteiger partial charge on any atom is -0.508 e. The lowest BCUT2D eigenvalue weighted by Crippen LogP contribution is -2.02. The van der Waals surface area contributed by atoms with E-state index in [4.69, 9.17) is 16.7 Å². The van der Waals surface area contributed by atoms with E-state index in [2.05, 4.69) is 0 Å². The van der Waals surface area contributed by atoms with Crippen molar-refractivity contribution in [2.24, 2.45) is 0 Å². The highest BCUT2D eigenvalue weighted by Gasteiger charge is 2.18. The Kier molecular flexibility index (Phi) is 3.86. The van der Waals surface area contributed by atoms with E-state index in [9.17, 15) is 15.0 Å². The van der Waals surface area contributed by atoms with Gasteiger partial charge in [-0.25, -0.2) is 4.79 Å². The molecule has 0 spiro atoms. The van der Waals surface area contributed by atoms with Crippen LogP contribution in [0.1, 0.15) is 34.3 Å². The molecular weight excluding hydrogens is 280 g/mol. The third kappa shape index (κ3) is 2.70. The van der Waals surface area contributed by atoms with Gasteiger partial charge in [0.05, 0.1) is 5.02 Å². The predicted octanol–water partition coefficient (Wildman–Crippen LogP) is 3.60. The number of aromatic carboxylic acids is 1. The van der Waals surface area contributed by atoms with Gasteiger partial charge in [-0.1, -0.05) is 30.7 Å². The van der Waals surface area contributed by atoms with Crippen molar-refractivity contribution in [2.45, 2.75) is 12.8 Å². The molecule has 20 heavy (non-hydrogen) atoms. The van der Waals surface area contributed by atoms with Gasteiger partial charge in [0.25, 0.3) is 0 Å². The van der Waals surface area contributed by atoms with Crippen LogP contribution in [-0.2, 0) is 0 Å². The van der Waals surface area contributed by atoms with Gasteiger partial charge in [-0.3, -0.25) is 0 Å². The molecule has 0 aliphatic rings. The molecule has 104 valence electrons. The molecule has 0 radical (unpaired) electrons. The third-order valence-corrected chi connectivity index (χ3v) is 3.50. The molecule has 1 atom stereocenters. The number of phenols is 2. The Morgan fingerprint density at radius 3 is 2.25 bits per heavy atom. The zero-order valence-corrected chi connectivity index (χ0v) is 11.4. The highest BCUT2D eigenvalue weighted by Crippen LogP contribution is 2.34. The molecule has 0 amide bonds. The van der Waals surface area contributed by atoms with Crippen molar-refractivity contribution < 1.29 is 20.1 Å². The molecule has 5 heteroatoms. The van der Waals surface area contributed by atoms with Crippen LogP contribution in [0.5, 0.6) is 11.5 Å². The van der Waals surface area contributed by atoms with Gasteiger partial charge in [-0.05, 0) is 35.4 Å². The van der Waals surface area contributed by atoms with Crippen LogP contribution >= 0.6 is 11.6 Å². The largest absolute Gasteiger partial charge is 0.508 e. The summed E-state index contributed by atoms with van der Waals surface area (Å²) in [7, 11) is 0. The maximum absolute atomic E-state index is 11.1. The lowest BCUT2D eigenvalue weighted by Gasteiger charge is -2.15. The first-order chi connectivity index (χ1) is 9.40. The van der Waals surface area contributed by atoms with Crippen LogP contribution in [0.2, 0.25) is 5.02 Å². The van der Waals surface area contributed by atoms with E-state index in [1.807, 2.05) is 6.92 Å². The number of hydrogen-bond acceptors (Lipinski definition) is 3. The fourth-order valence-corrected chi connectivity index (χ4v) is 2.22. The Morgan fingerprint density at radius 1 is 1.10 bits per heavy atom. The SMILES string of the molecule is CC(c1ccc(O)cc1)c1cc(Cl)c(O)c(C(=O)O)c1. The monoisotopic (exact) mass is 292 g/mol. The molecule has 0 heterocycles.